The van der Waals surface area contributed by atoms with Gasteiger partial charge >= 0.3 is 0 Å². The summed E-state index contributed by atoms with van der Waals surface area (Å²) in [4.78, 5) is 29.3. The monoisotopic (exact) mass is 406 g/mol. The third kappa shape index (κ3) is 3.34. The van der Waals surface area contributed by atoms with Crippen molar-refractivity contribution in [2.75, 3.05) is 11.1 Å². The highest BCUT2D eigenvalue weighted by molar-refractivity contribution is 7.99. The van der Waals surface area contributed by atoms with Gasteiger partial charge in [-0.2, -0.15) is 5.10 Å². The number of primary sulfonamides is 1. The van der Waals surface area contributed by atoms with Gasteiger partial charge in [0.25, 0.3) is 5.56 Å². The van der Waals surface area contributed by atoms with E-state index >= 15 is 0 Å². The number of rotatable bonds is 4. The molecule has 1 atom stereocenters. The molecule has 0 bridgehead atoms. The van der Waals surface area contributed by atoms with Gasteiger partial charge in [0, 0.05) is 17.9 Å². The van der Waals surface area contributed by atoms with Crippen LogP contribution in [0.4, 0.5) is 5.69 Å². The number of aromatic nitrogens is 4. The molecule has 3 aromatic rings. The maximum absolute atomic E-state index is 12.6. The Morgan fingerprint density at radius 2 is 2.11 bits per heavy atom. The molecule has 140 valence electrons. The second-order valence-corrected chi connectivity index (χ2v) is 8.54. The van der Waals surface area contributed by atoms with Crippen molar-refractivity contribution in [3.8, 4) is 0 Å². The van der Waals surface area contributed by atoms with E-state index in [9.17, 15) is 18.0 Å². The van der Waals surface area contributed by atoms with Crippen molar-refractivity contribution in [3.63, 3.8) is 0 Å². The summed E-state index contributed by atoms with van der Waals surface area (Å²) in [5, 5.41) is 15.2. The van der Waals surface area contributed by atoms with Gasteiger partial charge in [-0.05, 0) is 24.3 Å². The molecule has 0 saturated heterocycles. The van der Waals surface area contributed by atoms with Crippen molar-refractivity contribution >= 4 is 44.4 Å². The van der Waals surface area contributed by atoms with Gasteiger partial charge in [-0.15, -0.1) is 0 Å². The number of carbonyl (C=O) groups excluding carboxylic acids is 1. The van der Waals surface area contributed by atoms with E-state index in [0.717, 1.165) is 0 Å². The smallest absolute Gasteiger partial charge is 0.265 e. The lowest BCUT2D eigenvalue weighted by Gasteiger charge is -2.13. The molecule has 1 aliphatic heterocycles. The molecule has 27 heavy (non-hydrogen) atoms. The number of nitrogens with two attached hydrogens (primary N) is 1. The third-order valence-electron chi connectivity index (χ3n) is 4.14. The highest BCUT2D eigenvalue weighted by Gasteiger charge is 2.28. The number of nitrogens with one attached hydrogen (secondary N) is 2. The molecule has 4 rings (SSSR count). The first-order valence-corrected chi connectivity index (χ1v) is 10.4. The predicted molar refractivity (Wildman–Crippen MR) is 99.0 cm³/mol. The van der Waals surface area contributed by atoms with E-state index in [1.54, 1.807) is 0 Å². The zero-order valence-electron chi connectivity index (χ0n) is 13.7. The van der Waals surface area contributed by atoms with Crippen LogP contribution in [0.25, 0.3) is 11.0 Å². The lowest BCUT2D eigenvalue weighted by atomic mass is 10.2. The Labute approximate surface area is 157 Å². The molecule has 0 aliphatic carbocycles. The molecule has 0 radical (unpaired) electrons. The van der Waals surface area contributed by atoms with Gasteiger partial charge in [0.2, 0.25) is 15.9 Å². The molecule has 4 N–H and O–H groups in total. The number of nitrogens with zero attached hydrogens (tertiary/aromatic N) is 3. The third-order valence-corrected chi connectivity index (χ3v) is 6.17. The number of thioether (sulfide) groups is 1. The SMILES string of the molecule is NS(=O)(=O)c1ccc(NC(=O)CC2CSc3nc4[nH]ncc4c(=O)n32)cc1. The van der Waals surface area contributed by atoms with Gasteiger partial charge < -0.3 is 5.32 Å². The van der Waals surface area contributed by atoms with E-state index in [2.05, 4.69) is 20.5 Å². The fourth-order valence-corrected chi connectivity index (χ4v) is 4.51. The van der Waals surface area contributed by atoms with Crippen LogP contribution in [-0.2, 0) is 14.8 Å². The lowest BCUT2D eigenvalue weighted by Crippen LogP contribution is -2.27. The van der Waals surface area contributed by atoms with Gasteiger partial charge in [-0.25, -0.2) is 18.5 Å². The van der Waals surface area contributed by atoms with E-state index in [1.807, 2.05) is 0 Å². The zero-order valence-corrected chi connectivity index (χ0v) is 15.4. The molecule has 1 aliphatic rings. The minimum absolute atomic E-state index is 0.0385. The van der Waals surface area contributed by atoms with Gasteiger partial charge in [0.05, 0.1) is 17.1 Å². The minimum atomic E-state index is -3.79. The van der Waals surface area contributed by atoms with Gasteiger partial charge in [-0.3, -0.25) is 19.3 Å². The average Bonchev–Trinajstić information content (AvgIpc) is 3.22. The Hall–Kier alpha value is -2.70. The summed E-state index contributed by atoms with van der Waals surface area (Å²) in [5.74, 6) is 0.260. The highest BCUT2D eigenvalue weighted by Crippen LogP contribution is 2.33. The first-order chi connectivity index (χ1) is 12.8. The van der Waals surface area contributed by atoms with Crippen LogP contribution >= 0.6 is 11.8 Å². The summed E-state index contributed by atoms with van der Waals surface area (Å²) in [5.41, 5.74) is 0.636. The molecule has 0 saturated carbocycles. The van der Waals surface area contributed by atoms with Crippen molar-refractivity contribution in [2.24, 2.45) is 5.14 Å². The summed E-state index contributed by atoms with van der Waals surface area (Å²) in [6, 6.07) is 5.22. The van der Waals surface area contributed by atoms with Crippen molar-refractivity contribution in [2.45, 2.75) is 22.5 Å². The van der Waals surface area contributed by atoms with E-state index in [-0.39, 0.29) is 28.8 Å². The summed E-state index contributed by atoms with van der Waals surface area (Å²) in [6.07, 6.45) is 1.51. The molecule has 3 heterocycles. The molecule has 1 aromatic carbocycles. The number of hydrogen-bond acceptors (Lipinski definition) is 7. The van der Waals surface area contributed by atoms with Crippen molar-refractivity contribution < 1.29 is 13.2 Å². The van der Waals surface area contributed by atoms with E-state index in [0.29, 0.717) is 27.6 Å². The standard InChI is InChI=1S/C15H14N6O4S2/c16-27(24,25)10-3-1-8(2-4-10)18-12(22)5-9-7-26-15-19-13-11(6-17-20-13)14(23)21(9)15/h1-4,6,9H,5,7H2,(H,17,20)(H,18,22)(H2,16,24,25). The molecule has 0 fully saturated rings. The van der Waals surface area contributed by atoms with E-state index in [1.165, 1.54) is 46.8 Å². The van der Waals surface area contributed by atoms with Crippen LogP contribution in [0.3, 0.4) is 0 Å². The van der Waals surface area contributed by atoms with Crippen LogP contribution in [0.2, 0.25) is 0 Å². The normalized spacial score (nSPS) is 16.4. The van der Waals surface area contributed by atoms with Crippen LogP contribution in [0.1, 0.15) is 12.5 Å². The van der Waals surface area contributed by atoms with Crippen molar-refractivity contribution in [1.29, 1.82) is 0 Å². The first-order valence-electron chi connectivity index (χ1n) is 7.84. The minimum Gasteiger partial charge on any atom is -0.326 e. The van der Waals surface area contributed by atoms with Gasteiger partial charge in [0.15, 0.2) is 10.8 Å². The van der Waals surface area contributed by atoms with Gasteiger partial charge in [-0.1, -0.05) is 11.8 Å². The predicted octanol–water partition coefficient (Wildman–Crippen LogP) is 0.443. The molecule has 0 spiro atoms. The molecular weight excluding hydrogens is 392 g/mol. The average molecular weight is 406 g/mol. The highest BCUT2D eigenvalue weighted by atomic mass is 32.2. The maximum atomic E-state index is 12.6. The number of amides is 1. The summed E-state index contributed by atoms with van der Waals surface area (Å²) < 4.78 is 24.0. The summed E-state index contributed by atoms with van der Waals surface area (Å²) >= 11 is 1.40. The van der Waals surface area contributed by atoms with Crippen LogP contribution in [0, 0.1) is 0 Å². The zero-order chi connectivity index (χ0) is 19.2. The first kappa shape index (κ1) is 17.7. The second-order valence-electron chi connectivity index (χ2n) is 5.99. The van der Waals surface area contributed by atoms with Gasteiger partial charge in [0.1, 0.15) is 5.39 Å². The summed E-state index contributed by atoms with van der Waals surface area (Å²) in [7, 11) is -3.79. The van der Waals surface area contributed by atoms with E-state index in [4.69, 9.17) is 5.14 Å². The van der Waals surface area contributed by atoms with Crippen LogP contribution in [0.15, 0.2) is 45.3 Å². The number of hydrogen-bond donors (Lipinski definition) is 3. The Balaban J connectivity index is 1.51. The lowest BCUT2D eigenvalue weighted by molar-refractivity contribution is -0.116. The molecule has 12 heteroatoms. The Morgan fingerprint density at radius 1 is 1.37 bits per heavy atom. The van der Waals surface area contributed by atoms with Crippen molar-refractivity contribution in [1.82, 2.24) is 19.7 Å². The number of benzene rings is 1. The van der Waals surface area contributed by atoms with Crippen LogP contribution in [-0.4, -0.2) is 39.8 Å². The Morgan fingerprint density at radius 3 is 2.81 bits per heavy atom. The molecule has 1 unspecified atom stereocenters. The summed E-state index contributed by atoms with van der Waals surface area (Å²) in [6.45, 7) is 0. The number of sulfonamides is 1. The number of anilines is 1. The number of aromatic amines is 1. The van der Waals surface area contributed by atoms with Crippen LogP contribution in [0.5, 0.6) is 0 Å². The number of carbonyl (C=O) groups is 1. The molecule has 1 amide bonds. The van der Waals surface area contributed by atoms with Crippen molar-refractivity contribution in [3.05, 3.63) is 40.8 Å². The number of fused-ring (bicyclic) bond motifs is 2. The Bertz CT molecular complexity index is 1200. The quantitative estimate of drug-likeness (QED) is 0.531. The largest absolute Gasteiger partial charge is 0.326 e. The Kier molecular flexibility index (Phi) is 4.25. The maximum Gasteiger partial charge on any atom is 0.265 e. The van der Waals surface area contributed by atoms with Crippen LogP contribution < -0.4 is 16.0 Å². The molecule has 10 nitrogen and oxygen atoms in total. The topological polar surface area (TPSA) is 153 Å². The fourth-order valence-electron chi connectivity index (χ4n) is 2.86. The van der Waals surface area contributed by atoms with E-state index < -0.39 is 10.0 Å². The second kappa shape index (κ2) is 6.48. The molecular formula is C15H14N6O4S2. The number of H-pyrrole nitrogens is 1. The fraction of sp³-hybridized carbons (Fsp3) is 0.200. The molecule has 2 aromatic heterocycles.